The smallest absolute Gasteiger partial charge is 0.213 e. The molecule has 29 heavy (non-hydrogen) atoms. The summed E-state index contributed by atoms with van der Waals surface area (Å²) >= 11 is 0. The summed E-state index contributed by atoms with van der Waals surface area (Å²) in [5.74, 6) is 1.47. The fraction of sp³-hybridized carbons (Fsp3) is 0.478. The Morgan fingerprint density at radius 1 is 1.21 bits per heavy atom. The number of hydrogen-bond donors (Lipinski definition) is 2. The third-order valence-corrected chi connectivity index (χ3v) is 5.32. The number of piperidine rings is 1. The van der Waals surface area contributed by atoms with E-state index in [-0.39, 0.29) is 0 Å². The minimum absolute atomic E-state index is 0.424. The van der Waals surface area contributed by atoms with E-state index in [1.165, 1.54) is 5.56 Å². The van der Waals surface area contributed by atoms with Crippen LogP contribution < -0.4 is 15.4 Å². The molecule has 0 radical (unpaired) electrons. The lowest BCUT2D eigenvalue weighted by Gasteiger charge is -2.38. The van der Waals surface area contributed by atoms with Crippen LogP contribution in [0.4, 0.5) is 0 Å². The second-order valence-corrected chi connectivity index (χ2v) is 7.54. The number of aliphatic imine (C=N–C) groups is 1. The van der Waals surface area contributed by atoms with Gasteiger partial charge >= 0.3 is 0 Å². The lowest BCUT2D eigenvalue weighted by atomic mass is 9.97. The minimum Gasteiger partial charge on any atom is -0.481 e. The lowest BCUT2D eigenvalue weighted by molar-refractivity contribution is 0.134. The molecule has 1 saturated heterocycles. The van der Waals surface area contributed by atoms with Crippen LogP contribution in [0.15, 0.2) is 53.5 Å². The molecule has 2 atom stereocenters. The van der Waals surface area contributed by atoms with Crippen molar-refractivity contribution in [3.05, 3.63) is 59.8 Å². The zero-order valence-electron chi connectivity index (χ0n) is 17.8. The van der Waals surface area contributed by atoms with Crippen LogP contribution >= 0.6 is 0 Å². The fourth-order valence-electron chi connectivity index (χ4n) is 3.74. The molecule has 156 valence electrons. The molecule has 6 heteroatoms. The molecule has 3 rings (SSSR count). The van der Waals surface area contributed by atoms with Crippen LogP contribution in [0.3, 0.4) is 0 Å². The van der Waals surface area contributed by atoms with Crippen LogP contribution in [0.1, 0.15) is 37.9 Å². The highest BCUT2D eigenvalue weighted by atomic mass is 16.5. The van der Waals surface area contributed by atoms with E-state index in [4.69, 9.17) is 9.73 Å². The summed E-state index contributed by atoms with van der Waals surface area (Å²) < 4.78 is 5.20. The summed E-state index contributed by atoms with van der Waals surface area (Å²) in [5.41, 5.74) is 2.28. The number of hydrogen-bond acceptors (Lipinski definition) is 4. The molecule has 0 spiro atoms. The molecule has 0 saturated carbocycles. The first-order valence-corrected chi connectivity index (χ1v) is 10.5. The maximum absolute atomic E-state index is 5.20. The Bertz CT molecular complexity index is 780. The van der Waals surface area contributed by atoms with E-state index in [1.54, 1.807) is 7.11 Å². The SMILES string of the molecule is CCNC(=NCc1cccc(OC)n1)NC1CCN(Cc2ccccc2)C(C)C1. The predicted molar refractivity (Wildman–Crippen MR) is 118 cm³/mol. The summed E-state index contributed by atoms with van der Waals surface area (Å²) in [6.07, 6.45) is 2.22. The third kappa shape index (κ3) is 6.46. The van der Waals surface area contributed by atoms with Gasteiger partial charge in [0.05, 0.1) is 19.3 Å². The van der Waals surface area contributed by atoms with Crippen molar-refractivity contribution >= 4 is 5.96 Å². The van der Waals surface area contributed by atoms with Crippen molar-refractivity contribution in [1.82, 2.24) is 20.5 Å². The summed E-state index contributed by atoms with van der Waals surface area (Å²) in [4.78, 5) is 11.7. The highest BCUT2D eigenvalue weighted by Crippen LogP contribution is 2.20. The number of guanidine groups is 1. The van der Waals surface area contributed by atoms with Gasteiger partial charge in [-0.15, -0.1) is 0 Å². The van der Waals surface area contributed by atoms with Gasteiger partial charge in [0.2, 0.25) is 5.88 Å². The number of methoxy groups -OCH3 is 1. The first kappa shape index (κ1) is 21.1. The predicted octanol–water partition coefficient (Wildman–Crippen LogP) is 3.20. The second-order valence-electron chi connectivity index (χ2n) is 7.54. The van der Waals surface area contributed by atoms with Gasteiger partial charge in [0, 0.05) is 37.8 Å². The Balaban J connectivity index is 1.55. The van der Waals surface area contributed by atoms with Crippen LogP contribution in [-0.4, -0.2) is 48.1 Å². The summed E-state index contributed by atoms with van der Waals surface area (Å²) in [6, 6.07) is 17.4. The number of pyridine rings is 1. The zero-order valence-corrected chi connectivity index (χ0v) is 17.8. The van der Waals surface area contributed by atoms with Gasteiger partial charge in [-0.3, -0.25) is 4.90 Å². The molecule has 1 aliphatic heterocycles. The molecule has 2 N–H and O–H groups in total. The van der Waals surface area contributed by atoms with Gasteiger partial charge in [0.15, 0.2) is 5.96 Å². The average molecular weight is 396 g/mol. The average Bonchev–Trinajstić information content (AvgIpc) is 2.75. The van der Waals surface area contributed by atoms with E-state index in [2.05, 4.69) is 64.7 Å². The Hall–Kier alpha value is -2.60. The number of nitrogens with one attached hydrogen (secondary N) is 2. The van der Waals surface area contributed by atoms with Gasteiger partial charge in [-0.25, -0.2) is 9.98 Å². The Labute approximate surface area is 174 Å². The topological polar surface area (TPSA) is 61.8 Å². The van der Waals surface area contributed by atoms with E-state index < -0.39 is 0 Å². The molecule has 1 fully saturated rings. The monoisotopic (exact) mass is 395 g/mol. The molecule has 1 aromatic carbocycles. The van der Waals surface area contributed by atoms with Gasteiger partial charge in [-0.2, -0.15) is 0 Å². The number of likely N-dealkylation sites (tertiary alicyclic amines) is 1. The van der Waals surface area contributed by atoms with Crippen molar-refractivity contribution in [2.24, 2.45) is 4.99 Å². The van der Waals surface area contributed by atoms with Crippen molar-refractivity contribution in [1.29, 1.82) is 0 Å². The molecule has 0 bridgehead atoms. The van der Waals surface area contributed by atoms with Gasteiger partial charge in [-0.1, -0.05) is 36.4 Å². The highest BCUT2D eigenvalue weighted by molar-refractivity contribution is 5.80. The number of rotatable bonds is 7. The van der Waals surface area contributed by atoms with Crippen molar-refractivity contribution in [3.63, 3.8) is 0 Å². The maximum atomic E-state index is 5.20. The van der Waals surface area contributed by atoms with E-state index in [0.717, 1.165) is 44.1 Å². The van der Waals surface area contributed by atoms with Crippen LogP contribution in [0.5, 0.6) is 5.88 Å². The van der Waals surface area contributed by atoms with Crippen LogP contribution in [0, 0.1) is 0 Å². The quantitative estimate of drug-likeness (QED) is 0.557. The van der Waals surface area contributed by atoms with E-state index in [9.17, 15) is 0 Å². The van der Waals surface area contributed by atoms with Crippen LogP contribution in [0.25, 0.3) is 0 Å². The summed E-state index contributed by atoms with van der Waals surface area (Å²) in [6.45, 7) is 7.87. The molecule has 1 aromatic heterocycles. The second kappa shape index (κ2) is 10.8. The van der Waals surface area contributed by atoms with Crippen molar-refractivity contribution in [3.8, 4) is 5.88 Å². The van der Waals surface area contributed by atoms with E-state index >= 15 is 0 Å². The Kier molecular flexibility index (Phi) is 7.87. The van der Waals surface area contributed by atoms with Crippen molar-refractivity contribution in [2.75, 3.05) is 20.2 Å². The van der Waals surface area contributed by atoms with Crippen molar-refractivity contribution in [2.45, 2.75) is 51.9 Å². The van der Waals surface area contributed by atoms with Gasteiger partial charge in [-0.05, 0) is 38.3 Å². The molecule has 0 aliphatic carbocycles. The standard InChI is InChI=1S/C23H33N5O/c1-4-24-23(25-16-21-11-8-12-22(26-21)29-3)27-20-13-14-28(18(2)15-20)17-19-9-6-5-7-10-19/h5-12,18,20H,4,13-17H2,1-3H3,(H2,24,25,27). The molecule has 6 nitrogen and oxygen atoms in total. The van der Waals surface area contributed by atoms with Gasteiger partial charge in [0.1, 0.15) is 0 Å². The first-order valence-electron chi connectivity index (χ1n) is 10.5. The molecule has 2 unspecified atom stereocenters. The molecule has 2 aromatic rings. The molecule has 0 amide bonds. The largest absolute Gasteiger partial charge is 0.481 e. The Morgan fingerprint density at radius 3 is 2.76 bits per heavy atom. The Morgan fingerprint density at radius 2 is 2.03 bits per heavy atom. The highest BCUT2D eigenvalue weighted by Gasteiger charge is 2.25. The summed E-state index contributed by atoms with van der Waals surface area (Å²) in [7, 11) is 1.63. The minimum atomic E-state index is 0.424. The molecular formula is C23H33N5O. The van der Waals surface area contributed by atoms with Crippen molar-refractivity contribution < 1.29 is 4.74 Å². The van der Waals surface area contributed by atoms with E-state index in [0.29, 0.717) is 24.5 Å². The number of ether oxygens (including phenoxy) is 1. The van der Waals surface area contributed by atoms with Crippen LogP contribution in [0.2, 0.25) is 0 Å². The normalized spacial score (nSPS) is 20.3. The fourth-order valence-corrected chi connectivity index (χ4v) is 3.74. The molecular weight excluding hydrogens is 362 g/mol. The number of aromatic nitrogens is 1. The first-order chi connectivity index (χ1) is 14.2. The number of nitrogens with zero attached hydrogens (tertiary/aromatic N) is 3. The van der Waals surface area contributed by atoms with E-state index in [1.807, 2.05) is 18.2 Å². The molecule has 2 heterocycles. The summed E-state index contributed by atoms with van der Waals surface area (Å²) in [5, 5.41) is 6.98. The third-order valence-electron chi connectivity index (χ3n) is 5.32. The van der Waals surface area contributed by atoms with Gasteiger partial charge in [0.25, 0.3) is 0 Å². The number of benzene rings is 1. The van der Waals surface area contributed by atoms with Crippen LogP contribution in [-0.2, 0) is 13.1 Å². The lowest BCUT2D eigenvalue weighted by Crippen LogP contribution is -2.51. The van der Waals surface area contributed by atoms with Gasteiger partial charge < -0.3 is 15.4 Å². The zero-order chi connectivity index (χ0) is 20.5. The maximum Gasteiger partial charge on any atom is 0.213 e. The molecule has 1 aliphatic rings.